The van der Waals surface area contributed by atoms with Crippen molar-refractivity contribution in [3.8, 4) is 0 Å². The molecule has 0 saturated carbocycles. The van der Waals surface area contributed by atoms with E-state index in [9.17, 15) is 22.8 Å². The molecule has 1 aromatic carbocycles. The quantitative estimate of drug-likeness (QED) is 0.387. The van der Waals surface area contributed by atoms with Crippen LogP contribution in [-0.2, 0) is 28.6 Å². The van der Waals surface area contributed by atoms with Crippen LogP contribution >= 0.6 is 11.3 Å². The number of halogens is 3. The van der Waals surface area contributed by atoms with Gasteiger partial charge >= 0.3 is 18.1 Å². The van der Waals surface area contributed by atoms with Gasteiger partial charge in [-0.3, -0.25) is 14.6 Å². The van der Waals surface area contributed by atoms with Crippen molar-refractivity contribution in [1.82, 2.24) is 15.2 Å². The molecule has 3 N–H and O–H groups in total. The van der Waals surface area contributed by atoms with Crippen LogP contribution < -0.4 is 15.9 Å². The molecule has 11 heteroatoms. The number of aliphatic carboxylic acids is 2. The zero-order chi connectivity index (χ0) is 29.6. The standard InChI is InChI=1S/C26H26F3N3S.C4H6O4/c1-17-15-22-23(33-17)11-7-19-3-2-12-31-24(19)25(22)32-14-13-30-21(16-32)10-6-18-4-8-20(9-5-18)26(27,28)29;5-3(6)1-2-4(7)8/h2-5,7-9,12,15,21,30H,6,10-11,13-14,16H2,1H3;1-2H2,(H,5,6)(H,7,8). The maximum Gasteiger partial charge on any atom is 0.416 e. The first-order valence-electron chi connectivity index (χ1n) is 13.3. The normalized spacial score (nSPS) is 16.4. The molecule has 1 fully saturated rings. The number of thiophene rings is 1. The molecule has 0 amide bonds. The molecule has 2 aromatic heterocycles. The number of hydrogen-bond acceptors (Lipinski definition) is 6. The van der Waals surface area contributed by atoms with Crippen LogP contribution in [0.5, 0.6) is 0 Å². The monoisotopic (exact) mass is 587 g/mol. The molecule has 218 valence electrons. The first-order chi connectivity index (χ1) is 19.5. The van der Waals surface area contributed by atoms with E-state index in [0.717, 1.165) is 49.8 Å². The number of piperazine rings is 1. The molecule has 2 aliphatic rings. The third-order valence-corrected chi connectivity index (χ3v) is 8.02. The third kappa shape index (κ3) is 8.17. The average molecular weight is 588 g/mol. The average Bonchev–Trinajstić information content (AvgIpc) is 3.23. The summed E-state index contributed by atoms with van der Waals surface area (Å²) in [5, 5.41) is 21.6. The van der Waals surface area contributed by atoms with Crippen molar-refractivity contribution in [3.63, 3.8) is 0 Å². The van der Waals surface area contributed by atoms with E-state index in [2.05, 4.69) is 35.3 Å². The van der Waals surface area contributed by atoms with Crippen molar-refractivity contribution in [2.24, 2.45) is 0 Å². The van der Waals surface area contributed by atoms with Crippen molar-refractivity contribution in [2.75, 3.05) is 19.6 Å². The summed E-state index contributed by atoms with van der Waals surface area (Å²) < 4.78 is 38.5. The minimum absolute atomic E-state index is 0.260. The number of pyridine rings is 1. The minimum Gasteiger partial charge on any atom is -0.481 e. The predicted molar refractivity (Wildman–Crippen MR) is 151 cm³/mol. The van der Waals surface area contributed by atoms with Gasteiger partial charge < -0.3 is 20.4 Å². The number of fused-ring (bicyclic) bond motifs is 2. The van der Waals surface area contributed by atoms with Crippen LogP contribution in [0.15, 0.2) is 48.7 Å². The highest BCUT2D eigenvalue weighted by Crippen LogP contribution is 2.31. The van der Waals surface area contributed by atoms with E-state index >= 15 is 0 Å². The van der Waals surface area contributed by atoms with Gasteiger partial charge in [-0.15, -0.1) is 11.3 Å². The van der Waals surface area contributed by atoms with Crippen LogP contribution in [0, 0.1) is 6.92 Å². The number of benzene rings is 1. The van der Waals surface area contributed by atoms with Gasteiger partial charge in [0, 0.05) is 53.6 Å². The van der Waals surface area contributed by atoms with Gasteiger partial charge in [0.2, 0.25) is 0 Å². The lowest BCUT2D eigenvalue weighted by atomic mass is 10.0. The SMILES string of the molecule is Cc1cc2c(s1)CC=c1cccnc1=C2N1CCNC(CCc2ccc(C(F)(F)F)cc2)C1.O=C(O)CCC(=O)O. The molecule has 0 radical (unpaired) electrons. The Hall–Kier alpha value is -3.70. The molecule has 1 atom stereocenters. The topological polar surface area (TPSA) is 103 Å². The van der Waals surface area contributed by atoms with Gasteiger partial charge in [-0.25, -0.2) is 0 Å². The molecular weight excluding hydrogens is 555 g/mol. The number of nitrogens with zero attached hydrogens (tertiary/aromatic N) is 2. The summed E-state index contributed by atoms with van der Waals surface area (Å²) in [4.78, 5) is 29.2. The van der Waals surface area contributed by atoms with Gasteiger partial charge in [0.15, 0.2) is 0 Å². The second-order valence-electron chi connectivity index (χ2n) is 10.0. The van der Waals surface area contributed by atoms with E-state index in [1.165, 1.54) is 38.4 Å². The maximum atomic E-state index is 12.8. The molecule has 0 bridgehead atoms. The fraction of sp³-hybridized carbons (Fsp3) is 0.367. The van der Waals surface area contributed by atoms with E-state index in [1.807, 2.05) is 23.6 Å². The zero-order valence-electron chi connectivity index (χ0n) is 22.6. The fourth-order valence-electron chi connectivity index (χ4n) is 4.98. The number of rotatable bonds is 7. The highest BCUT2D eigenvalue weighted by atomic mass is 32.1. The number of carbonyl (C=O) groups is 2. The van der Waals surface area contributed by atoms with Crippen molar-refractivity contribution >= 4 is 35.0 Å². The lowest BCUT2D eigenvalue weighted by Gasteiger charge is -2.37. The van der Waals surface area contributed by atoms with E-state index in [0.29, 0.717) is 0 Å². The van der Waals surface area contributed by atoms with E-state index in [-0.39, 0.29) is 18.9 Å². The van der Waals surface area contributed by atoms with Gasteiger partial charge in [0.25, 0.3) is 0 Å². The van der Waals surface area contributed by atoms with Crippen molar-refractivity contribution in [1.29, 1.82) is 0 Å². The lowest BCUT2D eigenvalue weighted by Crippen LogP contribution is -2.51. The third-order valence-electron chi connectivity index (χ3n) is 6.95. The minimum atomic E-state index is -4.29. The fourth-order valence-corrected chi connectivity index (χ4v) is 5.98. The Balaban J connectivity index is 0.000000426. The first kappa shape index (κ1) is 30.3. The Labute approximate surface area is 239 Å². The lowest BCUT2D eigenvalue weighted by molar-refractivity contribution is -0.143. The van der Waals surface area contributed by atoms with Gasteiger partial charge in [-0.2, -0.15) is 13.2 Å². The van der Waals surface area contributed by atoms with Gasteiger partial charge in [0.05, 0.1) is 29.5 Å². The molecular formula is C30H32F3N3O4S. The number of aromatic nitrogens is 1. The summed E-state index contributed by atoms with van der Waals surface area (Å²) in [5.74, 6) is -2.15. The summed E-state index contributed by atoms with van der Waals surface area (Å²) in [7, 11) is 0. The number of hydrogen-bond donors (Lipinski definition) is 3. The van der Waals surface area contributed by atoms with Gasteiger partial charge in [-0.05, 0) is 54.8 Å². The predicted octanol–water partition coefficient (Wildman–Crippen LogP) is 3.81. The molecule has 1 aliphatic heterocycles. The van der Waals surface area contributed by atoms with Crippen LogP contribution in [-0.4, -0.2) is 57.7 Å². The number of nitrogens with one attached hydrogen (secondary N) is 1. The number of carboxylic acids is 2. The number of alkyl halides is 3. The van der Waals surface area contributed by atoms with Crippen LogP contribution in [0.1, 0.15) is 45.7 Å². The summed E-state index contributed by atoms with van der Waals surface area (Å²) in [6.07, 6.45) is 1.77. The second kappa shape index (κ2) is 13.3. The molecule has 3 heterocycles. The Morgan fingerprint density at radius 3 is 2.49 bits per heavy atom. The molecule has 41 heavy (non-hydrogen) atoms. The highest BCUT2D eigenvalue weighted by Gasteiger charge is 2.30. The van der Waals surface area contributed by atoms with Crippen molar-refractivity contribution in [3.05, 3.63) is 85.7 Å². The molecule has 7 nitrogen and oxygen atoms in total. The molecule has 1 unspecified atom stereocenters. The van der Waals surface area contributed by atoms with Crippen LogP contribution in [0.2, 0.25) is 0 Å². The molecule has 5 rings (SSSR count). The van der Waals surface area contributed by atoms with Gasteiger partial charge in [-0.1, -0.05) is 24.3 Å². The Bertz CT molecular complexity index is 1490. The smallest absolute Gasteiger partial charge is 0.416 e. The second-order valence-corrected chi connectivity index (χ2v) is 11.4. The molecule has 3 aromatic rings. The largest absolute Gasteiger partial charge is 0.481 e. The molecule has 1 saturated heterocycles. The van der Waals surface area contributed by atoms with Crippen LogP contribution in [0.4, 0.5) is 13.2 Å². The summed E-state index contributed by atoms with van der Waals surface area (Å²) in [6.45, 7) is 4.77. The van der Waals surface area contributed by atoms with Crippen LogP contribution in [0.3, 0.4) is 0 Å². The Morgan fingerprint density at radius 1 is 1.12 bits per heavy atom. The number of aryl methyl sites for hydroxylation is 2. The summed E-state index contributed by atoms with van der Waals surface area (Å²) >= 11 is 1.85. The van der Waals surface area contributed by atoms with E-state index in [4.69, 9.17) is 15.2 Å². The summed E-state index contributed by atoms with van der Waals surface area (Å²) in [6, 6.07) is 12.2. The maximum absolute atomic E-state index is 12.8. The van der Waals surface area contributed by atoms with Gasteiger partial charge in [0.1, 0.15) is 0 Å². The van der Waals surface area contributed by atoms with E-state index < -0.39 is 23.7 Å². The zero-order valence-corrected chi connectivity index (χ0v) is 23.4. The Morgan fingerprint density at radius 2 is 1.83 bits per heavy atom. The van der Waals surface area contributed by atoms with Crippen molar-refractivity contribution < 1.29 is 33.0 Å². The first-order valence-corrected chi connectivity index (χ1v) is 14.2. The van der Waals surface area contributed by atoms with Crippen molar-refractivity contribution in [2.45, 2.75) is 51.2 Å². The molecule has 1 aliphatic carbocycles. The Kier molecular flexibility index (Phi) is 9.82. The highest BCUT2D eigenvalue weighted by molar-refractivity contribution is 7.12. The van der Waals surface area contributed by atoms with Crippen LogP contribution in [0.25, 0.3) is 11.8 Å². The number of carboxylic acid groups (broad SMARTS) is 2. The molecule has 0 spiro atoms. The van der Waals surface area contributed by atoms with E-state index in [1.54, 1.807) is 12.1 Å². The summed E-state index contributed by atoms with van der Waals surface area (Å²) in [5.41, 5.74) is 2.83.